The fourth-order valence-corrected chi connectivity index (χ4v) is 4.35. The zero-order chi connectivity index (χ0) is 27.9. The van der Waals surface area contributed by atoms with Gasteiger partial charge in [-0.15, -0.1) is 0 Å². The van der Waals surface area contributed by atoms with Crippen LogP contribution in [0.5, 0.6) is 11.5 Å². The number of hydrogen-bond donors (Lipinski definition) is 1. The number of piperazine rings is 1. The van der Waals surface area contributed by atoms with Crippen molar-refractivity contribution in [1.29, 1.82) is 0 Å². The third-order valence-electron chi connectivity index (χ3n) is 6.26. The Morgan fingerprint density at radius 1 is 0.949 bits per heavy atom. The summed E-state index contributed by atoms with van der Waals surface area (Å²) >= 11 is 5.82. The highest BCUT2D eigenvalue weighted by atomic mass is 35.5. The Hall–Kier alpha value is -4.57. The van der Waals surface area contributed by atoms with Crippen LogP contribution in [-0.2, 0) is 4.79 Å². The van der Waals surface area contributed by atoms with Gasteiger partial charge in [-0.05, 0) is 54.1 Å². The molecule has 0 aliphatic carbocycles. The van der Waals surface area contributed by atoms with Crippen molar-refractivity contribution in [1.82, 2.24) is 4.90 Å². The molecule has 1 fully saturated rings. The molecule has 0 unspecified atom stereocenters. The van der Waals surface area contributed by atoms with E-state index in [1.165, 1.54) is 24.3 Å². The molecule has 0 atom stereocenters. The van der Waals surface area contributed by atoms with E-state index in [4.69, 9.17) is 21.1 Å². The number of carbonyl (C=O) groups is 2. The molecule has 1 saturated heterocycles. The summed E-state index contributed by atoms with van der Waals surface area (Å²) in [6.45, 7) is 2.44. The molecule has 3 aromatic rings. The molecule has 1 aliphatic heterocycles. The van der Waals surface area contributed by atoms with Crippen LogP contribution in [0.25, 0.3) is 6.08 Å². The van der Waals surface area contributed by atoms with Crippen molar-refractivity contribution in [3.8, 4) is 11.5 Å². The minimum atomic E-state index is -0.572. The van der Waals surface area contributed by atoms with Crippen LogP contribution in [0.15, 0.2) is 66.7 Å². The Morgan fingerprint density at radius 2 is 1.59 bits per heavy atom. The van der Waals surface area contributed by atoms with Crippen molar-refractivity contribution < 1.29 is 24.0 Å². The SMILES string of the molecule is COc1cc(OC)cc(C(=O)N2CCN(c3ccc(NC(=O)/C=C/c4ccc(Cl)c([N+](=O)[O-])c4)cc3)CC2)c1. The van der Waals surface area contributed by atoms with Gasteiger partial charge in [0.2, 0.25) is 5.91 Å². The molecule has 3 aromatic carbocycles. The molecule has 1 N–H and O–H groups in total. The van der Waals surface area contributed by atoms with E-state index in [0.717, 1.165) is 5.69 Å². The van der Waals surface area contributed by atoms with Gasteiger partial charge in [-0.2, -0.15) is 0 Å². The van der Waals surface area contributed by atoms with Crippen molar-refractivity contribution in [3.05, 3.63) is 93.0 Å². The number of amides is 2. The first-order chi connectivity index (χ1) is 18.8. The molecule has 0 saturated carbocycles. The van der Waals surface area contributed by atoms with Crippen LogP contribution in [0.4, 0.5) is 17.1 Å². The second kappa shape index (κ2) is 12.3. The average Bonchev–Trinajstić information content (AvgIpc) is 2.96. The number of nitrogens with one attached hydrogen (secondary N) is 1. The van der Waals surface area contributed by atoms with Crippen LogP contribution in [0.2, 0.25) is 5.02 Å². The zero-order valence-corrected chi connectivity index (χ0v) is 22.2. The topological polar surface area (TPSA) is 114 Å². The summed E-state index contributed by atoms with van der Waals surface area (Å²) in [6, 6.07) is 16.9. The van der Waals surface area contributed by atoms with Crippen molar-refractivity contribution in [2.45, 2.75) is 0 Å². The molecule has 4 rings (SSSR count). The normalized spacial score (nSPS) is 13.3. The van der Waals surface area contributed by atoms with Crippen LogP contribution >= 0.6 is 11.6 Å². The molecular formula is C28H27ClN4O6. The van der Waals surface area contributed by atoms with Crippen LogP contribution in [0.3, 0.4) is 0 Å². The van der Waals surface area contributed by atoms with Crippen molar-refractivity contribution >= 4 is 46.6 Å². The number of carbonyl (C=O) groups excluding carboxylic acids is 2. The highest BCUT2D eigenvalue weighted by Gasteiger charge is 2.23. The molecule has 1 heterocycles. The standard InChI is InChI=1S/C28H27ClN4O6/c1-38-23-16-20(17-24(18-23)39-2)28(35)32-13-11-31(12-14-32)22-7-5-21(6-8-22)30-27(34)10-4-19-3-9-25(29)26(15-19)33(36)37/h3-10,15-18H,11-14H2,1-2H3,(H,30,34)/b10-4+. The number of nitrogens with zero attached hydrogens (tertiary/aromatic N) is 3. The Balaban J connectivity index is 1.31. The fourth-order valence-electron chi connectivity index (χ4n) is 4.17. The number of rotatable bonds is 8. The zero-order valence-electron chi connectivity index (χ0n) is 21.4. The number of anilines is 2. The summed E-state index contributed by atoms with van der Waals surface area (Å²) in [5, 5.41) is 13.8. The van der Waals surface area contributed by atoms with E-state index in [0.29, 0.717) is 54.5 Å². The predicted octanol–water partition coefficient (Wildman–Crippen LogP) is 4.88. The van der Waals surface area contributed by atoms with Crippen LogP contribution in [0, 0.1) is 10.1 Å². The first kappa shape index (κ1) is 27.5. The summed E-state index contributed by atoms with van der Waals surface area (Å²) < 4.78 is 10.6. The summed E-state index contributed by atoms with van der Waals surface area (Å²) in [4.78, 5) is 39.8. The summed E-state index contributed by atoms with van der Waals surface area (Å²) in [7, 11) is 3.10. The summed E-state index contributed by atoms with van der Waals surface area (Å²) in [5.74, 6) is 0.675. The Morgan fingerprint density at radius 3 is 2.18 bits per heavy atom. The highest BCUT2D eigenvalue weighted by Crippen LogP contribution is 2.26. The lowest BCUT2D eigenvalue weighted by molar-refractivity contribution is -0.384. The van der Waals surface area contributed by atoms with Gasteiger partial charge in [-0.25, -0.2) is 0 Å². The van der Waals surface area contributed by atoms with E-state index < -0.39 is 4.92 Å². The number of nitro groups is 1. The quantitative estimate of drug-likeness (QED) is 0.241. The van der Waals surface area contributed by atoms with E-state index in [9.17, 15) is 19.7 Å². The molecule has 2 amide bonds. The van der Waals surface area contributed by atoms with E-state index in [1.54, 1.807) is 55.5 Å². The van der Waals surface area contributed by atoms with Crippen LogP contribution < -0.4 is 19.7 Å². The van der Waals surface area contributed by atoms with Gasteiger partial charge in [0, 0.05) is 61.3 Å². The molecule has 0 spiro atoms. The lowest BCUT2D eigenvalue weighted by Gasteiger charge is -2.36. The number of benzene rings is 3. The molecule has 202 valence electrons. The Labute approximate surface area is 230 Å². The van der Waals surface area contributed by atoms with E-state index in [-0.39, 0.29) is 22.5 Å². The van der Waals surface area contributed by atoms with Gasteiger partial charge >= 0.3 is 0 Å². The second-order valence-electron chi connectivity index (χ2n) is 8.72. The van der Waals surface area contributed by atoms with Crippen LogP contribution in [-0.4, -0.2) is 62.0 Å². The minimum absolute atomic E-state index is 0.0345. The summed E-state index contributed by atoms with van der Waals surface area (Å²) in [6.07, 6.45) is 2.78. The maximum Gasteiger partial charge on any atom is 0.288 e. The van der Waals surface area contributed by atoms with Gasteiger partial charge in [0.1, 0.15) is 16.5 Å². The highest BCUT2D eigenvalue weighted by molar-refractivity contribution is 6.32. The van der Waals surface area contributed by atoms with Crippen LogP contribution in [0.1, 0.15) is 15.9 Å². The smallest absolute Gasteiger partial charge is 0.288 e. The van der Waals surface area contributed by atoms with Gasteiger partial charge in [-0.3, -0.25) is 19.7 Å². The molecular weight excluding hydrogens is 524 g/mol. The molecule has 39 heavy (non-hydrogen) atoms. The van der Waals surface area contributed by atoms with Gasteiger partial charge in [-0.1, -0.05) is 17.7 Å². The van der Waals surface area contributed by atoms with E-state index in [1.807, 2.05) is 12.1 Å². The fraction of sp³-hybridized carbons (Fsp3) is 0.214. The molecule has 0 bridgehead atoms. The van der Waals surface area contributed by atoms with E-state index >= 15 is 0 Å². The number of methoxy groups -OCH3 is 2. The largest absolute Gasteiger partial charge is 0.497 e. The number of nitro benzene ring substituents is 1. The molecule has 10 nitrogen and oxygen atoms in total. The van der Waals surface area contributed by atoms with Gasteiger partial charge in [0.05, 0.1) is 19.1 Å². The summed E-state index contributed by atoms with van der Waals surface area (Å²) in [5.41, 5.74) is 2.37. The van der Waals surface area contributed by atoms with Crippen molar-refractivity contribution in [2.24, 2.45) is 0 Å². The monoisotopic (exact) mass is 550 g/mol. The predicted molar refractivity (Wildman–Crippen MR) is 150 cm³/mol. The third kappa shape index (κ3) is 6.85. The molecule has 0 radical (unpaired) electrons. The second-order valence-corrected chi connectivity index (χ2v) is 9.13. The first-order valence-electron chi connectivity index (χ1n) is 12.1. The molecule has 0 aromatic heterocycles. The first-order valence-corrected chi connectivity index (χ1v) is 12.5. The van der Waals surface area contributed by atoms with Crippen molar-refractivity contribution in [2.75, 3.05) is 50.6 Å². The lowest BCUT2D eigenvalue weighted by Crippen LogP contribution is -2.48. The number of ether oxygens (including phenoxy) is 2. The molecule has 11 heteroatoms. The number of hydrogen-bond acceptors (Lipinski definition) is 7. The third-order valence-corrected chi connectivity index (χ3v) is 6.58. The maximum atomic E-state index is 13.0. The minimum Gasteiger partial charge on any atom is -0.497 e. The van der Waals surface area contributed by atoms with Gasteiger partial charge in [0.25, 0.3) is 11.6 Å². The van der Waals surface area contributed by atoms with E-state index in [2.05, 4.69) is 10.2 Å². The Kier molecular flexibility index (Phi) is 8.67. The maximum absolute atomic E-state index is 13.0. The lowest BCUT2D eigenvalue weighted by atomic mass is 10.1. The Bertz CT molecular complexity index is 1380. The molecule has 1 aliphatic rings. The average molecular weight is 551 g/mol. The number of halogens is 1. The van der Waals surface area contributed by atoms with Gasteiger partial charge in [0.15, 0.2) is 0 Å². The van der Waals surface area contributed by atoms with Crippen molar-refractivity contribution in [3.63, 3.8) is 0 Å². The van der Waals surface area contributed by atoms with Gasteiger partial charge < -0.3 is 24.6 Å².